The monoisotopic (exact) mass is 666 g/mol. The Morgan fingerprint density at radius 1 is 0.979 bits per heavy atom. The number of hydrogen-bond acceptors (Lipinski definition) is 11. The number of aromatic hydroxyl groups is 1. The molecule has 1 aliphatic carbocycles. The topological polar surface area (TPSA) is 145 Å². The van der Waals surface area contributed by atoms with E-state index in [0.717, 1.165) is 30.5 Å². The molecule has 256 valence electrons. The first-order chi connectivity index (χ1) is 22.3. The number of hydrazine groups is 2. The van der Waals surface area contributed by atoms with Crippen molar-refractivity contribution in [1.29, 1.82) is 0 Å². The Kier molecular flexibility index (Phi) is 10.8. The fraction of sp³-hybridized carbons (Fsp3) is 0.429. The number of phenolic OH excluding ortho intramolecular Hbond substituents is 1. The van der Waals surface area contributed by atoms with Gasteiger partial charge in [0, 0.05) is 43.8 Å². The quantitative estimate of drug-likeness (QED) is 0.104. The molecule has 11 nitrogen and oxygen atoms in total. The molecule has 1 heterocycles. The summed E-state index contributed by atoms with van der Waals surface area (Å²) in [7, 11) is 0.943. The van der Waals surface area contributed by atoms with E-state index in [1.54, 1.807) is 29.4 Å². The van der Waals surface area contributed by atoms with Gasteiger partial charge in [-0.05, 0) is 92.8 Å². The second kappa shape index (κ2) is 14.6. The number of anilines is 2. The number of aliphatic hydroxyl groups is 1. The van der Waals surface area contributed by atoms with Gasteiger partial charge in [-0.1, -0.05) is 47.9 Å². The third-order valence-electron chi connectivity index (χ3n) is 8.84. The number of nitrogens with zero attached hydrogens (tertiary/aromatic N) is 2. The van der Waals surface area contributed by atoms with Crippen LogP contribution in [0.3, 0.4) is 0 Å². The van der Waals surface area contributed by atoms with E-state index in [1.165, 1.54) is 29.5 Å². The Labute approximate surface area is 280 Å². The van der Waals surface area contributed by atoms with Crippen LogP contribution in [0.25, 0.3) is 0 Å². The Hall–Kier alpha value is -3.65. The highest BCUT2D eigenvalue weighted by molar-refractivity contribution is 8.25. The highest BCUT2D eigenvalue weighted by Crippen LogP contribution is 2.44. The predicted molar refractivity (Wildman–Crippen MR) is 190 cm³/mol. The lowest BCUT2D eigenvalue weighted by atomic mass is 9.78. The van der Waals surface area contributed by atoms with Gasteiger partial charge in [-0.3, -0.25) is 14.5 Å². The number of aliphatic hydroxyl groups excluding tert-OH is 1. The molecule has 12 heteroatoms. The van der Waals surface area contributed by atoms with Gasteiger partial charge in [0.05, 0.1) is 11.1 Å². The van der Waals surface area contributed by atoms with Crippen LogP contribution < -0.4 is 30.5 Å². The zero-order valence-electron chi connectivity index (χ0n) is 27.7. The van der Waals surface area contributed by atoms with Crippen molar-refractivity contribution in [3.05, 3.63) is 95.2 Å². The van der Waals surface area contributed by atoms with Gasteiger partial charge in [0.1, 0.15) is 24.2 Å². The summed E-state index contributed by atoms with van der Waals surface area (Å²) < 4.78 is 26.6. The average Bonchev–Trinajstić information content (AvgIpc) is 3.63. The molecule has 0 bridgehead atoms. The van der Waals surface area contributed by atoms with Crippen LogP contribution in [0, 0.1) is 0 Å². The molecule has 1 fully saturated rings. The van der Waals surface area contributed by atoms with Crippen LogP contribution in [0.15, 0.2) is 84.0 Å². The second-order valence-electron chi connectivity index (χ2n) is 13.5. The SMILES string of the molecule is CN(C)c1ccc(C2(CNC3=CS(O)(O)NN3Nc3ccc(CC(C)(C)NC[C@H](O)COc4ccc(O)cc4)cc3)CCCC2)cc1. The number of phenols is 1. The van der Waals surface area contributed by atoms with Crippen LogP contribution in [0.4, 0.5) is 11.4 Å². The molecule has 0 unspecified atom stereocenters. The molecular weight excluding hydrogens is 616 g/mol. The van der Waals surface area contributed by atoms with Crippen molar-refractivity contribution in [3.63, 3.8) is 0 Å². The van der Waals surface area contributed by atoms with Crippen molar-refractivity contribution in [3.8, 4) is 11.5 Å². The highest BCUT2D eigenvalue weighted by Gasteiger charge is 2.37. The molecule has 1 aliphatic heterocycles. The van der Waals surface area contributed by atoms with E-state index in [2.05, 4.69) is 63.9 Å². The molecule has 0 saturated heterocycles. The lowest BCUT2D eigenvalue weighted by molar-refractivity contribution is 0.0988. The number of benzene rings is 3. The van der Waals surface area contributed by atoms with E-state index >= 15 is 0 Å². The number of ether oxygens (including phenoxy) is 1. The van der Waals surface area contributed by atoms with Gasteiger partial charge in [0.25, 0.3) is 0 Å². The van der Waals surface area contributed by atoms with E-state index in [-0.39, 0.29) is 23.3 Å². The Bertz CT molecular complexity index is 1480. The van der Waals surface area contributed by atoms with Gasteiger partial charge in [-0.15, -0.1) is 4.83 Å². The van der Waals surface area contributed by atoms with Crippen molar-refractivity contribution in [2.45, 2.75) is 63.0 Å². The summed E-state index contributed by atoms with van der Waals surface area (Å²) >= 11 is 0. The molecule has 47 heavy (non-hydrogen) atoms. The number of β-amino-alcohol motifs (C(OH)–C–C–N with tert-alkyl or cyclic N) is 1. The summed E-state index contributed by atoms with van der Waals surface area (Å²) in [5.74, 6) is 1.33. The minimum Gasteiger partial charge on any atom is -0.508 e. The molecule has 3 aromatic carbocycles. The van der Waals surface area contributed by atoms with Crippen molar-refractivity contribution in [2.75, 3.05) is 44.1 Å². The van der Waals surface area contributed by atoms with Crippen molar-refractivity contribution < 1.29 is 24.1 Å². The zero-order chi connectivity index (χ0) is 33.7. The number of hydrogen-bond donors (Lipinski definition) is 8. The maximum atomic E-state index is 10.5. The summed E-state index contributed by atoms with van der Waals surface area (Å²) in [5.41, 5.74) is 7.32. The van der Waals surface area contributed by atoms with Gasteiger partial charge in [0.2, 0.25) is 0 Å². The number of nitrogens with one attached hydrogen (secondary N) is 4. The third kappa shape index (κ3) is 9.47. The standard InChI is InChI=1S/C35H50N6O5S/c1-34(2,37-22-31(43)23-46-32-17-15-30(42)16-18-32)21-26-7-11-28(12-8-26)38-41-33(24-47(44,45)39-41)36-25-35(19-5-6-20-35)27-9-13-29(14-10-27)40(3)4/h7-18,24,31,36-39,42-45H,5-6,19-23,25H2,1-4H3/t31-/m0/s1. The molecule has 3 aromatic rings. The first kappa shape index (κ1) is 34.7. The predicted octanol–water partition coefficient (Wildman–Crippen LogP) is 5.52. The summed E-state index contributed by atoms with van der Waals surface area (Å²) in [6.07, 6.45) is 4.51. The van der Waals surface area contributed by atoms with Gasteiger partial charge in [-0.25, -0.2) is 0 Å². The minimum absolute atomic E-state index is 0.0266. The number of rotatable bonds is 15. The maximum absolute atomic E-state index is 10.5. The van der Waals surface area contributed by atoms with Crippen molar-refractivity contribution in [2.24, 2.45) is 0 Å². The van der Waals surface area contributed by atoms with Crippen LogP contribution in [-0.2, 0) is 11.8 Å². The van der Waals surface area contributed by atoms with Crippen LogP contribution in [-0.4, -0.2) is 69.9 Å². The van der Waals surface area contributed by atoms with E-state index in [4.69, 9.17) is 4.74 Å². The normalized spacial score (nSPS) is 18.4. The van der Waals surface area contributed by atoms with Gasteiger partial charge in [0.15, 0.2) is 5.82 Å². The smallest absolute Gasteiger partial charge is 0.157 e. The molecular formula is C35H50N6O5S. The minimum atomic E-state index is -3.14. The van der Waals surface area contributed by atoms with E-state index < -0.39 is 16.9 Å². The van der Waals surface area contributed by atoms with Crippen LogP contribution in [0.2, 0.25) is 0 Å². The molecule has 1 saturated carbocycles. The molecule has 2 aliphatic rings. The first-order valence-electron chi connectivity index (χ1n) is 16.1. The Morgan fingerprint density at radius 3 is 2.28 bits per heavy atom. The fourth-order valence-electron chi connectivity index (χ4n) is 6.20. The molecule has 8 N–H and O–H groups in total. The molecule has 0 spiro atoms. The maximum Gasteiger partial charge on any atom is 0.157 e. The van der Waals surface area contributed by atoms with E-state index in [0.29, 0.717) is 24.7 Å². The summed E-state index contributed by atoms with van der Waals surface area (Å²) in [6.45, 7) is 5.35. The van der Waals surface area contributed by atoms with E-state index in [9.17, 15) is 19.3 Å². The molecule has 1 atom stereocenters. The van der Waals surface area contributed by atoms with Crippen LogP contribution in [0.1, 0.15) is 50.7 Å². The van der Waals surface area contributed by atoms with Gasteiger partial charge < -0.3 is 30.5 Å². The van der Waals surface area contributed by atoms with Crippen LogP contribution >= 0.6 is 10.8 Å². The summed E-state index contributed by atoms with van der Waals surface area (Å²) in [5, 5.41) is 29.8. The van der Waals surface area contributed by atoms with Gasteiger partial charge >= 0.3 is 0 Å². The Morgan fingerprint density at radius 2 is 1.64 bits per heavy atom. The first-order valence-corrected chi connectivity index (χ1v) is 17.7. The lowest BCUT2D eigenvalue weighted by Crippen LogP contribution is -2.46. The lowest BCUT2D eigenvalue weighted by Gasteiger charge is -2.33. The van der Waals surface area contributed by atoms with Crippen molar-refractivity contribution in [1.82, 2.24) is 20.6 Å². The third-order valence-corrected chi connectivity index (χ3v) is 9.85. The van der Waals surface area contributed by atoms with Crippen molar-refractivity contribution >= 4 is 22.2 Å². The summed E-state index contributed by atoms with van der Waals surface area (Å²) in [4.78, 5) is 4.88. The average molecular weight is 667 g/mol. The van der Waals surface area contributed by atoms with Crippen LogP contribution in [0.5, 0.6) is 11.5 Å². The molecule has 0 aromatic heterocycles. The molecule has 0 radical (unpaired) electrons. The fourth-order valence-corrected chi connectivity index (χ4v) is 7.17. The Balaban J connectivity index is 1.14. The highest BCUT2D eigenvalue weighted by atomic mass is 32.3. The largest absolute Gasteiger partial charge is 0.508 e. The van der Waals surface area contributed by atoms with E-state index in [1.807, 2.05) is 38.4 Å². The van der Waals surface area contributed by atoms with Gasteiger partial charge in [-0.2, -0.15) is 5.12 Å². The summed E-state index contributed by atoms with van der Waals surface area (Å²) in [6, 6.07) is 23.2. The molecule has 0 amide bonds. The zero-order valence-corrected chi connectivity index (χ0v) is 28.6. The molecule has 5 rings (SSSR count). The second-order valence-corrected chi connectivity index (χ2v) is 15.1.